The minimum absolute atomic E-state index is 0.0225. The normalized spacial score (nSPS) is 11.3. The lowest BCUT2D eigenvalue weighted by molar-refractivity contribution is 0.102. The third-order valence-electron chi connectivity index (χ3n) is 3.56. The number of amides is 1. The Hall–Kier alpha value is -3.07. The van der Waals surface area contributed by atoms with E-state index in [1.54, 1.807) is 12.1 Å². The summed E-state index contributed by atoms with van der Waals surface area (Å²) < 4.78 is 42.8. The van der Waals surface area contributed by atoms with Crippen molar-refractivity contribution in [3.8, 4) is 11.5 Å². The Morgan fingerprint density at radius 2 is 1.92 bits per heavy atom. The van der Waals surface area contributed by atoms with Gasteiger partial charge in [-0.3, -0.25) is 10.1 Å². The van der Waals surface area contributed by atoms with Crippen LogP contribution in [-0.2, 0) is 9.84 Å². The second kappa shape index (κ2) is 7.04. The number of benzene rings is 2. The molecule has 0 saturated heterocycles. The van der Waals surface area contributed by atoms with E-state index in [2.05, 4.69) is 15.5 Å². The molecule has 2 aromatic carbocycles. The molecule has 1 aromatic heterocycles. The van der Waals surface area contributed by atoms with Crippen LogP contribution >= 0.6 is 0 Å². The molecule has 0 aliphatic heterocycles. The minimum atomic E-state index is -3.58. The van der Waals surface area contributed by atoms with Crippen molar-refractivity contribution < 1.29 is 22.0 Å². The predicted octanol–water partition coefficient (Wildman–Crippen LogP) is 2.92. The van der Waals surface area contributed by atoms with Gasteiger partial charge in [0.15, 0.2) is 9.84 Å². The summed E-state index contributed by atoms with van der Waals surface area (Å²) in [5.41, 5.74) is 0.326. The number of anilines is 1. The molecular weight excluding hydrogens is 361 g/mol. The van der Waals surface area contributed by atoms with Gasteiger partial charge < -0.3 is 4.42 Å². The van der Waals surface area contributed by atoms with Crippen molar-refractivity contribution in [2.24, 2.45) is 0 Å². The van der Waals surface area contributed by atoms with Crippen molar-refractivity contribution in [2.75, 3.05) is 11.1 Å². The largest absolute Gasteiger partial charge is 0.403 e. The van der Waals surface area contributed by atoms with Crippen LogP contribution in [0.25, 0.3) is 11.5 Å². The second-order valence-corrected chi connectivity index (χ2v) is 7.52. The van der Waals surface area contributed by atoms with E-state index in [1.807, 2.05) is 0 Å². The standard InChI is InChI=1S/C17H14FN3O4S/c1-2-26(23,24)14-9-4-3-8-13(14)15(22)19-17-21-20-16(25-17)11-6-5-7-12(18)10-11/h3-10H,2H2,1H3,(H,19,21,22). The average Bonchev–Trinajstić information content (AvgIpc) is 3.10. The Bertz CT molecular complexity index is 1060. The number of sulfone groups is 1. The van der Waals surface area contributed by atoms with Gasteiger partial charge in [0.05, 0.1) is 16.2 Å². The number of nitrogens with zero attached hydrogens (tertiary/aromatic N) is 2. The van der Waals surface area contributed by atoms with Crippen LogP contribution in [-0.4, -0.2) is 30.3 Å². The predicted molar refractivity (Wildman–Crippen MR) is 91.8 cm³/mol. The first-order chi connectivity index (χ1) is 12.4. The summed E-state index contributed by atoms with van der Waals surface area (Å²) in [6.07, 6.45) is 0. The number of halogens is 1. The quantitative estimate of drug-likeness (QED) is 0.736. The lowest BCUT2D eigenvalue weighted by atomic mass is 10.2. The van der Waals surface area contributed by atoms with Crippen molar-refractivity contribution >= 4 is 21.8 Å². The SMILES string of the molecule is CCS(=O)(=O)c1ccccc1C(=O)Nc1nnc(-c2cccc(F)c2)o1. The highest BCUT2D eigenvalue weighted by molar-refractivity contribution is 7.91. The molecule has 7 nitrogen and oxygen atoms in total. The van der Waals surface area contributed by atoms with Crippen molar-refractivity contribution in [1.82, 2.24) is 10.2 Å². The smallest absolute Gasteiger partial charge is 0.322 e. The number of rotatable bonds is 5. The van der Waals surface area contributed by atoms with E-state index in [9.17, 15) is 17.6 Å². The van der Waals surface area contributed by atoms with Gasteiger partial charge >= 0.3 is 6.01 Å². The van der Waals surface area contributed by atoms with Gasteiger partial charge in [-0.25, -0.2) is 12.8 Å². The maximum atomic E-state index is 13.3. The van der Waals surface area contributed by atoms with E-state index in [1.165, 1.54) is 43.3 Å². The molecule has 26 heavy (non-hydrogen) atoms. The summed E-state index contributed by atoms with van der Waals surface area (Å²) in [4.78, 5) is 12.4. The van der Waals surface area contributed by atoms with Crippen LogP contribution in [0.1, 0.15) is 17.3 Å². The number of carbonyl (C=O) groups is 1. The Morgan fingerprint density at radius 1 is 1.15 bits per heavy atom. The van der Waals surface area contributed by atoms with Crippen molar-refractivity contribution in [3.63, 3.8) is 0 Å². The molecule has 1 N–H and O–H groups in total. The van der Waals surface area contributed by atoms with Gasteiger partial charge in [0.2, 0.25) is 5.89 Å². The van der Waals surface area contributed by atoms with E-state index in [0.717, 1.165) is 0 Å². The number of hydrogen-bond acceptors (Lipinski definition) is 6. The van der Waals surface area contributed by atoms with Crippen LogP contribution < -0.4 is 5.32 Å². The van der Waals surface area contributed by atoms with Crippen LogP contribution in [0.15, 0.2) is 57.8 Å². The average molecular weight is 375 g/mol. The van der Waals surface area contributed by atoms with Crippen LogP contribution in [0.3, 0.4) is 0 Å². The maximum Gasteiger partial charge on any atom is 0.322 e. The highest BCUT2D eigenvalue weighted by Gasteiger charge is 2.22. The fraction of sp³-hybridized carbons (Fsp3) is 0.118. The second-order valence-electron chi connectivity index (χ2n) is 5.28. The van der Waals surface area contributed by atoms with Gasteiger partial charge in [-0.15, -0.1) is 5.10 Å². The summed E-state index contributed by atoms with van der Waals surface area (Å²) >= 11 is 0. The summed E-state index contributed by atoms with van der Waals surface area (Å²) in [7, 11) is -3.58. The highest BCUT2D eigenvalue weighted by atomic mass is 32.2. The molecule has 0 radical (unpaired) electrons. The topological polar surface area (TPSA) is 102 Å². The third-order valence-corrected chi connectivity index (χ3v) is 5.35. The number of aromatic nitrogens is 2. The van der Waals surface area contributed by atoms with E-state index < -0.39 is 21.6 Å². The fourth-order valence-corrected chi connectivity index (χ4v) is 3.35. The molecule has 0 saturated carbocycles. The van der Waals surface area contributed by atoms with Crippen molar-refractivity contribution in [1.29, 1.82) is 0 Å². The van der Waals surface area contributed by atoms with E-state index in [0.29, 0.717) is 5.56 Å². The zero-order valence-electron chi connectivity index (χ0n) is 13.6. The van der Waals surface area contributed by atoms with Crippen LogP contribution in [0.2, 0.25) is 0 Å². The summed E-state index contributed by atoms with van der Waals surface area (Å²) in [5, 5.41) is 9.79. The zero-order chi connectivity index (χ0) is 18.7. The first kappa shape index (κ1) is 17.7. The molecule has 9 heteroatoms. The van der Waals surface area contributed by atoms with E-state index >= 15 is 0 Å². The van der Waals surface area contributed by atoms with Gasteiger partial charge in [0.25, 0.3) is 5.91 Å². The minimum Gasteiger partial charge on any atom is -0.403 e. The van der Waals surface area contributed by atoms with Crippen molar-refractivity contribution in [3.05, 3.63) is 59.9 Å². The maximum absolute atomic E-state index is 13.3. The van der Waals surface area contributed by atoms with E-state index in [-0.39, 0.29) is 28.1 Å². The first-order valence-corrected chi connectivity index (χ1v) is 9.28. The first-order valence-electron chi connectivity index (χ1n) is 7.63. The number of hydrogen-bond donors (Lipinski definition) is 1. The number of carbonyl (C=O) groups excluding carboxylic acids is 1. The van der Waals surface area contributed by atoms with Gasteiger partial charge in [-0.1, -0.05) is 30.2 Å². The molecular formula is C17H14FN3O4S. The lowest BCUT2D eigenvalue weighted by Crippen LogP contribution is -2.17. The Labute approximate surface area is 148 Å². The monoisotopic (exact) mass is 375 g/mol. The van der Waals surface area contributed by atoms with Crippen LogP contribution in [0, 0.1) is 5.82 Å². The molecule has 0 unspecified atom stereocenters. The van der Waals surface area contributed by atoms with Crippen LogP contribution in [0.4, 0.5) is 10.4 Å². The fourth-order valence-electron chi connectivity index (χ4n) is 2.26. The van der Waals surface area contributed by atoms with Gasteiger partial charge in [-0.05, 0) is 30.3 Å². The molecule has 134 valence electrons. The van der Waals surface area contributed by atoms with Gasteiger partial charge in [0.1, 0.15) is 5.82 Å². The molecule has 0 bridgehead atoms. The van der Waals surface area contributed by atoms with Crippen LogP contribution in [0.5, 0.6) is 0 Å². The Balaban J connectivity index is 1.86. The third kappa shape index (κ3) is 3.62. The molecule has 0 aliphatic carbocycles. The molecule has 1 heterocycles. The zero-order valence-corrected chi connectivity index (χ0v) is 14.5. The molecule has 3 aromatic rings. The van der Waals surface area contributed by atoms with Crippen molar-refractivity contribution in [2.45, 2.75) is 11.8 Å². The van der Waals surface area contributed by atoms with E-state index in [4.69, 9.17) is 4.42 Å². The Morgan fingerprint density at radius 3 is 2.65 bits per heavy atom. The summed E-state index contributed by atoms with van der Waals surface area (Å²) in [6, 6.07) is 11.2. The molecule has 0 fully saturated rings. The van der Waals surface area contributed by atoms with Gasteiger partial charge in [0, 0.05) is 5.56 Å². The summed E-state index contributed by atoms with van der Waals surface area (Å²) in [6.45, 7) is 1.49. The summed E-state index contributed by atoms with van der Waals surface area (Å²) in [5.74, 6) is -1.28. The molecule has 0 aliphatic rings. The number of nitrogens with one attached hydrogen (secondary N) is 1. The molecule has 0 atom stereocenters. The molecule has 3 rings (SSSR count). The Kier molecular flexibility index (Phi) is 4.81. The highest BCUT2D eigenvalue weighted by Crippen LogP contribution is 2.22. The molecule has 1 amide bonds. The lowest BCUT2D eigenvalue weighted by Gasteiger charge is -2.07. The molecule has 0 spiro atoms. The van der Waals surface area contributed by atoms with Gasteiger partial charge in [-0.2, -0.15) is 0 Å².